The maximum absolute atomic E-state index is 10.8. The first-order valence-electron chi connectivity index (χ1n) is 9.98. The minimum absolute atomic E-state index is 0.483. The second-order valence-electron chi connectivity index (χ2n) is 7.69. The fourth-order valence-corrected chi connectivity index (χ4v) is 3.83. The number of ether oxygens (including phenoxy) is 1. The maximum Gasteiger partial charge on any atom is 0.117 e. The molecule has 9 nitrogen and oxygen atoms in total. The lowest BCUT2D eigenvalue weighted by Crippen LogP contribution is -2.59. The Morgan fingerprint density at radius 2 is 1.77 bits per heavy atom. The van der Waals surface area contributed by atoms with Crippen molar-refractivity contribution in [1.29, 1.82) is 0 Å². The second kappa shape index (κ2) is 8.83. The first-order chi connectivity index (χ1) is 14.9. The van der Waals surface area contributed by atoms with E-state index in [2.05, 4.69) is 10.3 Å². The van der Waals surface area contributed by atoms with Gasteiger partial charge in [-0.25, -0.2) is 4.68 Å². The number of hydrogen-bond acceptors (Lipinski definition) is 8. The van der Waals surface area contributed by atoms with E-state index in [-0.39, 0.29) is 0 Å². The highest BCUT2D eigenvalue weighted by atomic mass is 16.6. The summed E-state index contributed by atoms with van der Waals surface area (Å²) in [6.07, 6.45) is -6.31. The normalized spacial score (nSPS) is 27.2. The predicted molar refractivity (Wildman–Crippen MR) is 110 cm³/mol. The van der Waals surface area contributed by atoms with Crippen LogP contribution in [0.1, 0.15) is 17.2 Å². The molecule has 1 aliphatic rings. The standard InChI is InChI=1S/C22H25N3O6/c1-12-9-14(25-10-16(23-24-25)13-5-3-2-4-6-13)7-8-15(12)18(27)22-21(30)20(29)19(28)17(11-26)31-22/h2-10,17-22,26-30H,11H2,1H3/t17-,18-,19-,20+,21+,22-/m1/s1. The molecule has 2 heterocycles. The molecule has 31 heavy (non-hydrogen) atoms. The van der Waals surface area contributed by atoms with E-state index >= 15 is 0 Å². The van der Waals surface area contributed by atoms with E-state index in [0.717, 1.165) is 16.9 Å². The number of rotatable bonds is 5. The van der Waals surface area contributed by atoms with E-state index in [9.17, 15) is 25.5 Å². The van der Waals surface area contributed by atoms with Crippen molar-refractivity contribution in [2.45, 2.75) is 43.5 Å². The molecule has 1 saturated heterocycles. The fraction of sp³-hybridized carbons (Fsp3) is 0.364. The lowest BCUT2D eigenvalue weighted by atomic mass is 9.88. The van der Waals surface area contributed by atoms with Crippen molar-refractivity contribution in [3.8, 4) is 16.9 Å². The largest absolute Gasteiger partial charge is 0.394 e. The van der Waals surface area contributed by atoms with E-state index in [1.807, 2.05) is 36.4 Å². The Morgan fingerprint density at radius 3 is 2.45 bits per heavy atom. The van der Waals surface area contributed by atoms with E-state index in [4.69, 9.17) is 4.74 Å². The first-order valence-corrected chi connectivity index (χ1v) is 9.98. The number of nitrogens with zero attached hydrogens (tertiary/aromatic N) is 3. The van der Waals surface area contributed by atoms with Gasteiger partial charge in [0.2, 0.25) is 0 Å². The zero-order valence-corrected chi connectivity index (χ0v) is 16.9. The van der Waals surface area contributed by atoms with Crippen LogP contribution in [0.2, 0.25) is 0 Å². The minimum Gasteiger partial charge on any atom is -0.394 e. The van der Waals surface area contributed by atoms with Crippen LogP contribution >= 0.6 is 0 Å². The third-order valence-electron chi connectivity index (χ3n) is 5.64. The molecule has 4 rings (SSSR count). The molecule has 0 spiro atoms. The molecule has 1 aromatic heterocycles. The van der Waals surface area contributed by atoms with Crippen molar-refractivity contribution in [2.24, 2.45) is 0 Å². The molecule has 0 amide bonds. The Kier molecular flexibility index (Phi) is 6.15. The van der Waals surface area contributed by atoms with Gasteiger partial charge in [-0.15, -0.1) is 5.10 Å². The zero-order chi connectivity index (χ0) is 22.1. The number of hydrogen-bond donors (Lipinski definition) is 5. The lowest BCUT2D eigenvalue weighted by Gasteiger charge is -2.42. The molecule has 0 bridgehead atoms. The monoisotopic (exact) mass is 427 g/mol. The van der Waals surface area contributed by atoms with Gasteiger partial charge in [0, 0.05) is 5.56 Å². The van der Waals surface area contributed by atoms with Crippen LogP contribution in [0.25, 0.3) is 16.9 Å². The molecule has 2 aromatic carbocycles. The van der Waals surface area contributed by atoms with Crippen molar-refractivity contribution in [3.05, 3.63) is 65.9 Å². The van der Waals surface area contributed by atoms with Crippen LogP contribution in [0.4, 0.5) is 0 Å². The van der Waals surface area contributed by atoms with Gasteiger partial charge in [0.15, 0.2) is 0 Å². The molecule has 0 unspecified atom stereocenters. The summed E-state index contributed by atoms with van der Waals surface area (Å²) in [5.74, 6) is 0. The van der Waals surface area contributed by atoms with Crippen LogP contribution in [-0.4, -0.2) is 77.7 Å². The molecule has 0 aliphatic carbocycles. The van der Waals surface area contributed by atoms with Gasteiger partial charge in [-0.3, -0.25) is 0 Å². The third-order valence-corrected chi connectivity index (χ3v) is 5.64. The van der Waals surface area contributed by atoms with Gasteiger partial charge >= 0.3 is 0 Å². The van der Waals surface area contributed by atoms with Gasteiger partial charge in [-0.1, -0.05) is 41.6 Å². The van der Waals surface area contributed by atoms with Gasteiger partial charge in [0.25, 0.3) is 0 Å². The Hall–Kier alpha value is -2.66. The van der Waals surface area contributed by atoms with E-state index in [1.54, 1.807) is 29.9 Å². The summed E-state index contributed by atoms with van der Waals surface area (Å²) >= 11 is 0. The molecule has 1 fully saturated rings. The summed E-state index contributed by atoms with van der Waals surface area (Å²) in [7, 11) is 0. The van der Waals surface area contributed by atoms with Crippen molar-refractivity contribution >= 4 is 0 Å². The Morgan fingerprint density at radius 1 is 1.03 bits per heavy atom. The number of aliphatic hydroxyl groups excluding tert-OH is 5. The lowest BCUT2D eigenvalue weighted by molar-refractivity contribution is -0.250. The molecule has 0 radical (unpaired) electrons. The maximum atomic E-state index is 10.8. The highest BCUT2D eigenvalue weighted by Crippen LogP contribution is 2.32. The summed E-state index contributed by atoms with van der Waals surface area (Å²) in [6.45, 7) is 1.24. The summed E-state index contributed by atoms with van der Waals surface area (Å²) in [4.78, 5) is 0. The molecule has 9 heteroatoms. The minimum atomic E-state index is -1.54. The van der Waals surface area contributed by atoms with E-state index in [1.165, 1.54) is 0 Å². The summed E-state index contributed by atoms with van der Waals surface area (Å²) in [5, 5.41) is 58.8. The molecule has 0 saturated carbocycles. The zero-order valence-electron chi connectivity index (χ0n) is 16.9. The van der Waals surface area contributed by atoms with Crippen LogP contribution in [0.15, 0.2) is 54.7 Å². The molecular weight excluding hydrogens is 402 g/mol. The molecule has 164 valence electrons. The third kappa shape index (κ3) is 4.11. The van der Waals surface area contributed by atoms with Gasteiger partial charge in [-0.05, 0) is 30.2 Å². The van der Waals surface area contributed by atoms with Crippen molar-refractivity contribution in [3.63, 3.8) is 0 Å². The average molecular weight is 427 g/mol. The predicted octanol–water partition coefficient (Wildman–Crippen LogP) is 0.119. The quantitative estimate of drug-likeness (QED) is 0.387. The van der Waals surface area contributed by atoms with Crippen LogP contribution < -0.4 is 0 Å². The Bertz CT molecular complexity index is 1030. The second-order valence-corrected chi connectivity index (χ2v) is 7.69. The molecular formula is C22H25N3O6. The number of aryl methyl sites for hydroxylation is 1. The van der Waals surface area contributed by atoms with E-state index in [0.29, 0.717) is 11.1 Å². The van der Waals surface area contributed by atoms with Crippen LogP contribution in [-0.2, 0) is 4.74 Å². The van der Waals surface area contributed by atoms with E-state index < -0.39 is 43.2 Å². The van der Waals surface area contributed by atoms with Gasteiger partial charge in [0.1, 0.15) is 42.3 Å². The molecule has 3 aromatic rings. The Labute approximate surface area is 178 Å². The molecule has 1 aliphatic heterocycles. The van der Waals surface area contributed by atoms with Gasteiger partial charge in [0.05, 0.1) is 18.5 Å². The van der Waals surface area contributed by atoms with Crippen molar-refractivity contribution in [2.75, 3.05) is 6.61 Å². The topological polar surface area (TPSA) is 141 Å². The van der Waals surface area contributed by atoms with Crippen molar-refractivity contribution < 1.29 is 30.3 Å². The smallest absolute Gasteiger partial charge is 0.117 e. The Balaban J connectivity index is 1.57. The number of benzene rings is 2. The molecule has 6 atom stereocenters. The summed E-state index contributed by atoms with van der Waals surface area (Å²) in [5.41, 5.74) is 3.59. The van der Waals surface area contributed by atoms with Gasteiger partial charge < -0.3 is 30.3 Å². The summed E-state index contributed by atoms with van der Waals surface area (Å²) in [6, 6.07) is 14.9. The highest BCUT2D eigenvalue weighted by molar-refractivity contribution is 5.58. The fourth-order valence-electron chi connectivity index (χ4n) is 3.83. The highest BCUT2D eigenvalue weighted by Gasteiger charge is 2.46. The first kappa shape index (κ1) is 21.6. The van der Waals surface area contributed by atoms with Gasteiger partial charge in [-0.2, -0.15) is 0 Å². The average Bonchev–Trinajstić information content (AvgIpc) is 3.28. The number of aromatic nitrogens is 3. The SMILES string of the molecule is Cc1cc(-n2cc(-c3ccccc3)nn2)ccc1[C@@H](O)[C@H]1O[C@H](CO)[C@@H](O)[C@H](O)[C@@H]1O. The number of aliphatic hydroxyl groups is 5. The van der Waals surface area contributed by atoms with Crippen LogP contribution in [0.5, 0.6) is 0 Å². The summed E-state index contributed by atoms with van der Waals surface area (Å²) < 4.78 is 7.11. The van der Waals surface area contributed by atoms with Crippen molar-refractivity contribution in [1.82, 2.24) is 15.0 Å². The molecule has 5 N–H and O–H groups in total. The van der Waals surface area contributed by atoms with Crippen LogP contribution in [0, 0.1) is 6.92 Å². The van der Waals surface area contributed by atoms with Crippen LogP contribution in [0.3, 0.4) is 0 Å².